The summed E-state index contributed by atoms with van der Waals surface area (Å²) in [4.78, 5) is 4.34. The number of halogens is 2. The summed E-state index contributed by atoms with van der Waals surface area (Å²) >= 11 is 12.1. The second-order valence-corrected chi connectivity index (χ2v) is 5.53. The summed E-state index contributed by atoms with van der Waals surface area (Å²) in [6.07, 6.45) is 3.59. The largest absolute Gasteiger partial charge is 0.372 e. The van der Waals surface area contributed by atoms with Crippen LogP contribution in [0.5, 0.6) is 0 Å². The maximum absolute atomic E-state index is 6.08. The molecule has 3 nitrogen and oxygen atoms in total. The lowest BCUT2D eigenvalue weighted by Gasteiger charge is -2.11. The zero-order chi connectivity index (χ0) is 13.5. The van der Waals surface area contributed by atoms with Gasteiger partial charge in [-0.05, 0) is 18.4 Å². The molecule has 1 rings (SSSR count). The average Bonchev–Trinajstić information content (AvgIpc) is 2.30. The van der Waals surface area contributed by atoms with Gasteiger partial charge in [0.25, 0.3) is 0 Å². The van der Waals surface area contributed by atoms with Crippen molar-refractivity contribution in [2.24, 2.45) is 5.92 Å². The minimum atomic E-state index is 0.535. The Kier molecular flexibility index (Phi) is 6.58. The molecule has 2 N–H and O–H groups in total. The van der Waals surface area contributed by atoms with Gasteiger partial charge in [0.15, 0.2) is 0 Å². The van der Waals surface area contributed by atoms with Crippen LogP contribution in [0.4, 0.5) is 11.6 Å². The molecule has 0 aliphatic carbocycles. The molecule has 1 aromatic heterocycles. The van der Waals surface area contributed by atoms with E-state index in [1.807, 2.05) is 0 Å². The first-order valence-electron chi connectivity index (χ1n) is 6.32. The van der Waals surface area contributed by atoms with E-state index in [-0.39, 0.29) is 0 Å². The van der Waals surface area contributed by atoms with Gasteiger partial charge in [0.05, 0.1) is 10.0 Å². The van der Waals surface area contributed by atoms with Crippen molar-refractivity contribution in [2.75, 3.05) is 24.2 Å². The van der Waals surface area contributed by atoms with Crippen molar-refractivity contribution in [1.29, 1.82) is 0 Å². The second kappa shape index (κ2) is 7.70. The molecule has 1 heterocycles. The first-order chi connectivity index (χ1) is 8.54. The molecule has 18 heavy (non-hydrogen) atoms. The van der Waals surface area contributed by atoms with Crippen molar-refractivity contribution in [3.63, 3.8) is 0 Å². The highest BCUT2D eigenvalue weighted by molar-refractivity contribution is 6.37. The average molecular weight is 290 g/mol. The Hall–Kier alpha value is -0.670. The Morgan fingerprint density at radius 3 is 2.44 bits per heavy atom. The fourth-order valence-corrected chi connectivity index (χ4v) is 2.17. The first-order valence-corrected chi connectivity index (χ1v) is 7.07. The summed E-state index contributed by atoms with van der Waals surface area (Å²) in [6, 6.07) is 1.71. The monoisotopic (exact) mass is 289 g/mol. The van der Waals surface area contributed by atoms with E-state index in [0.29, 0.717) is 21.7 Å². The minimum Gasteiger partial charge on any atom is -0.372 e. The highest BCUT2D eigenvalue weighted by atomic mass is 35.5. The predicted molar refractivity (Wildman–Crippen MR) is 81.0 cm³/mol. The van der Waals surface area contributed by atoms with E-state index < -0.39 is 0 Å². The summed E-state index contributed by atoms with van der Waals surface area (Å²) < 4.78 is 0. The number of hydrogen-bond acceptors (Lipinski definition) is 3. The minimum absolute atomic E-state index is 0.535. The van der Waals surface area contributed by atoms with Gasteiger partial charge in [0.1, 0.15) is 11.6 Å². The lowest BCUT2D eigenvalue weighted by atomic mass is 10.1. The Labute approximate surface area is 119 Å². The van der Waals surface area contributed by atoms with Crippen molar-refractivity contribution in [3.8, 4) is 0 Å². The van der Waals surface area contributed by atoms with Crippen molar-refractivity contribution in [1.82, 2.24) is 4.98 Å². The molecule has 0 bridgehead atoms. The molecular weight excluding hydrogens is 269 g/mol. The molecule has 0 saturated carbocycles. The van der Waals surface area contributed by atoms with E-state index >= 15 is 0 Å². The van der Waals surface area contributed by atoms with E-state index in [0.717, 1.165) is 18.9 Å². The Bertz CT molecular complexity index is 381. The Balaban J connectivity index is 2.47. The van der Waals surface area contributed by atoms with Gasteiger partial charge in [0, 0.05) is 13.6 Å². The number of hydrogen-bond donors (Lipinski definition) is 2. The number of aromatic nitrogens is 1. The number of unbranched alkanes of at least 4 members (excludes halogenated alkanes) is 1. The van der Waals surface area contributed by atoms with Crippen LogP contribution >= 0.6 is 23.2 Å². The number of nitrogens with zero attached hydrogens (tertiary/aromatic N) is 1. The van der Waals surface area contributed by atoms with Crippen LogP contribution in [0.2, 0.25) is 10.0 Å². The highest BCUT2D eigenvalue weighted by Crippen LogP contribution is 2.28. The molecule has 0 fully saturated rings. The van der Waals surface area contributed by atoms with Gasteiger partial charge in [0.2, 0.25) is 0 Å². The molecule has 0 saturated heterocycles. The zero-order valence-electron chi connectivity index (χ0n) is 11.2. The van der Waals surface area contributed by atoms with Crippen molar-refractivity contribution in [2.45, 2.75) is 33.1 Å². The van der Waals surface area contributed by atoms with Crippen molar-refractivity contribution in [3.05, 3.63) is 16.1 Å². The Morgan fingerprint density at radius 2 is 1.83 bits per heavy atom. The van der Waals surface area contributed by atoms with Gasteiger partial charge in [-0.2, -0.15) is 0 Å². The Morgan fingerprint density at radius 1 is 1.17 bits per heavy atom. The van der Waals surface area contributed by atoms with E-state index in [1.165, 1.54) is 12.8 Å². The number of anilines is 2. The molecule has 5 heteroatoms. The molecule has 0 unspecified atom stereocenters. The topological polar surface area (TPSA) is 37.0 Å². The first kappa shape index (κ1) is 15.4. The molecule has 0 spiro atoms. The molecular formula is C13H21Cl2N3. The van der Waals surface area contributed by atoms with Gasteiger partial charge in [-0.25, -0.2) is 4.98 Å². The molecule has 1 aromatic rings. The molecule has 102 valence electrons. The smallest absolute Gasteiger partial charge is 0.147 e. The van der Waals surface area contributed by atoms with Crippen LogP contribution in [0.15, 0.2) is 6.07 Å². The zero-order valence-corrected chi connectivity index (χ0v) is 12.7. The van der Waals surface area contributed by atoms with Crippen LogP contribution in [-0.2, 0) is 0 Å². The van der Waals surface area contributed by atoms with Crippen LogP contribution < -0.4 is 10.6 Å². The van der Waals surface area contributed by atoms with Crippen LogP contribution in [0.3, 0.4) is 0 Å². The summed E-state index contributed by atoms with van der Waals surface area (Å²) in [5, 5.41) is 7.28. The van der Waals surface area contributed by atoms with Crippen LogP contribution in [0.25, 0.3) is 0 Å². The fourth-order valence-electron chi connectivity index (χ4n) is 1.65. The van der Waals surface area contributed by atoms with Crippen molar-refractivity contribution >= 4 is 34.8 Å². The molecule has 0 atom stereocenters. The van der Waals surface area contributed by atoms with Gasteiger partial charge in [-0.3, -0.25) is 0 Å². The van der Waals surface area contributed by atoms with Crippen LogP contribution in [0, 0.1) is 5.92 Å². The van der Waals surface area contributed by atoms with Crippen LogP contribution in [0.1, 0.15) is 33.1 Å². The van der Waals surface area contributed by atoms with Gasteiger partial charge < -0.3 is 10.6 Å². The van der Waals surface area contributed by atoms with E-state index in [4.69, 9.17) is 23.2 Å². The van der Waals surface area contributed by atoms with Gasteiger partial charge >= 0.3 is 0 Å². The maximum Gasteiger partial charge on any atom is 0.147 e. The third-order valence-electron chi connectivity index (χ3n) is 2.67. The number of nitrogens with one attached hydrogen (secondary N) is 2. The predicted octanol–water partition coefficient (Wildman–Crippen LogP) is 4.67. The van der Waals surface area contributed by atoms with Crippen LogP contribution in [-0.4, -0.2) is 18.6 Å². The SMILES string of the molecule is CNc1nc(NCCCCC(C)C)c(Cl)cc1Cl. The van der Waals surface area contributed by atoms with Gasteiger partial charge in [-0.15, -0.1) is 0 Å². The molecule has 0 radical (unpaired) electrons. The normalized spacial score (nSPS) is 10.8. The molecule has 0 aromatic carbocycles. The third-order valence-corrected chi connectivity index (χ3v) is 3.24. The fraction of sp³-hybridized carbons (Fsp3) is 0.615. The molecule has 0 amide bonds. The quantitative estimate of drug-likeness (QED) is 0.717. The summed E-state index contributed by atoms with van der Waals surface area (Å²) in [6.45, 7) is 5.36. The third kappa shape index (κ3) is 4.91. The molecule has 0 aliphatic heterocycles. The van der Waals surface area contributed by atoms with Gasteiger partial charge in [-0.1, -0.05) is 49.9 Å². The number of rotatable bonds is 7. The summed E-state index contributed by atoms with van der Waals surface area (Å²) in [5.74, 6) is 2.10. The lowest BCUT2D eigenvalue weighted by molar-refractivity contribution is 0.544. The van der Waals surface area contributed by atoms with E-state index in [1.54, 1.807) is 13.1 Å². The standard InChI is InChI=1S/C13H21Cl2N3/c1-9(2)6-4-5-7-17-13-11(15)8-10(14)12(16-3)18-13/h8-9H,4-7H2,1-3H3,(H2,16,17,18). The lowest BCUT2D eigenvalue weighted by Crippen LogP contribution is -2.06. The number of pyridine rings is 1. The molecule has 0 aliphatic rings. The maximum atomic E-state index is 6.08. The summed E-state index contributed by atoms with van der Waals surface area (Å²) in [7, 11) is 1.79. The second-order valence-electron chi connectivity index (χ2n) is 4.72. The van der Waals surface area contributed by atoms with E-state index in [9.17, 15) is 0 Å². The van der Waals surface area contributed by atoms with Crippen molar-refractivity contribution < 1.29 is 0 Å². The van der Waals surface area contributed by atoms with E-state index in [2.05, 4.69) is 29.5 Å². The summed E-state index contributed by atoms with van der Waals surface area (Å²) in [5.41, 5.74) is 0. The highest BCUT2D eigenvalue weighted by Gasteiger charge is 2.07.